The molecule has 1 aliphatic heterocycles. The minimum atomic E-state index is -0.337. The second-order valence-corrected chi connectivity index (χ2v) is 5.33. The molecule has 1 aromatic carbocycles. The molecule has 2 aromatic rings. The predicted molar refractivity (Wildman–Crippen MR) is 89.0 cm³/mol. The highest BCUT2D eigenvalue weighted by Gasteiger charge is 2.31. The monoisotopic (exact) mass is 346 g/mol. The van der Waals surface area contributed by atoms with Crippen LogP contribution in [0.4, 0.5) is 16.3 Å². The molecule has 0 atom stereocenters. The van der Waals surface area contributed by atoms with Crippen LogP contribution in [-0.4, -0.2) is 55.8 Å². The lowest BCUT2D eigenvalue weighted by Gasteiger charge is -2.19. The number of ether oxygens (including phenoxy) is 2. The minimum Gasteiger partial charge on any atom is -0.493 e. The van der Waals surface area contributed by atoms with E-state index in [1.807, 2.05) is 0 Å². The van der Waals surface area contributed by atoms with Gasteiger partial charge in [-0.2, -0.15) is 0 Å². The van der Waals surface area contributed by atoms with E-state index in [0.717, 1.165) is 0 Å². The van der Waals surface area contributed by atoms with E-state index in [9.17, 15) is 9.59 Å². The first-order valence-corrected chi connectivity index (χ1v) is 7.61. The molecule has 2 heterocycles. The smallest absolute Gasteiger partial charge is 0.325 e. The number of nitrogens with zero attached hydrogens (tertiary/aromatic N) is 3. The van der Waals surface area contributed by atoms with Gasteiger partial charge in [-0.05, 0) is 12.1 Å². The number of carbonyl (C=O) groups excluding carboxylic acids is 2. The topological polar surface area (TPSA) is 97.1 Å². The van der Waals surface area contributed by atoms with Gasteiger partial charge in [0.15, 0.2) is 17.3 Å². The second kappa shape index (κ2) is 7.12. The van der Waals surface area contributed by atoms with Crippen molar-refractivity contribution < 1.29 is 23.6 Å². The highest BCUT2D eigenvalue weighted by molar-refractivity contribution is 5.99. The maximum atomic E-state index is 12.6. The van der Waals surface area contributed by atoms with Gasteiger partial charge >= 0.3 is 6.03 Å². The summed E-state index contributed by atoms with van der Waals surface area (Å²) in [6.07, 6.45) is 1.36. The molecule has 0 bridgehead atoms. The maximum Gasteiger partial charge on any atom is 0.325 e. The van der Waals surface area contributed by atoms with Crippen LogP contribution in [0.2, 0.25) is 0 Å². The molecule has 9 heteroatoms. The third kappa shape index (κ3) is 3.49. The van der Waals surface area contributed by atoms with Crippen LogP contribution in [0.5, 0.6) is 11.5 Å². The molecule has 1 aliphatic rings. The van der Waals surface area contributed by atoms with Gasteiger partial charge in [-0.3, -0.25) is 9.69 Å². The fourth-order valence-corrected chi connectivity index (χ4v) is 2.59. The van der Waals surface area contributed by atoms with E-state index in [4.69, 9.17) is 9.47 Å². The summed E-state index contributed by atoms with van der Waals surface area (Å²) < 4.78 is 15.1. The molecule has 1 N–H and O–H groups in total. The summed E-state index contributed by atoms with van der Waals surface area (Å²) in [4.78, 5) is 27.6. The standard InChI is InChI=1S/C16H18N4O5/c1-23-12-4-3-11(9-13(12)24-2)20-7-6-19(16(20)22)10-15(21)17-14-5-8-25-18-14/h3-5,8-9H,6-7,10H2,1-2H3,(H,17,18,21). The zero-order valence-corrected chi connectivity index (χ0v) is 13.9. The number of anilines is 2. The lowest BCUT2D eigenvalue weighted by Crippen LogP contribution is -2.37. The van der Waals surface area contributed by atoms with Crippen molar-refractivity contribution in [2.45, 2.75) is 0 Å². The van der Waals surface area contributed by atoms with Crippen LogP contribution in [0.15, 0.2) is 35.1 Å². The van der Waals surface area contributed by atoms with Crippen molar-refractivity contribution in [2.24, 2.45) is 0 Å². The first kappa shape index (κ1) is 16.6. The number of methoxy groups -OCH3 is 2. The number of hydrogen-bond acceptors (Lipinski definition) is 6. The second-order valence-electron chi connectivity index (χ2n) is 5.33. The normalized spacial score (nSPS) is 13.9. The van der Waals surface area contributed by atoms with E-state index in [-0.39, 0.29) is 18.5 Å². The van der Waals surface area contributed by atoms with Crippen LogP contribution in [0.3, 0.4) is 0 Å². The molecule has 0 spiro atoms. The molecule has 0 radical (unpaired) electrons. The van der Waals surface area contributed by atoms with E-state index in [2.05, 4.69) is 15.0 Å². The summed E-state index contributed by atoms with van der Waals surface area (Å²) >= 11 is 0. The number of aromatic nitrogens is 1. The van der Waals surface area contributed by atoms with Crippen molar-refractivity contribution in [2.75, 3.05) is 44.1 Å². The van der Waals surface area contributed by atoms with E-state index in [0.29, 0.717) is 36.1 Å². The number of nitrogens with one attached hydrogen (secondary N) is 1. The number of rotatable bonds is 6. The van der Waals surface area contributed by atoms with Crippen molar-refractivity contribution in [3.05, 3.63) is 30.5 Å². The molecule has 0 saturated carbocycles. The van der Waals surface area contributed by atoms with Crippen LogP contribution in [-0.2, 0) is 4.79 Å². The zero-order valence-electron chi connectivity index (χ0n) is 13.9. The number of urea groups is 1. The number of hydrogen-bond donors (Lipinski definition) is 1. The van der Waals surface area contributed by atoms with Crippen LogP contribution in [0, 0.1) is 0 Å². The van der Waals surface area contributed by atoms with Crippen LogP contribution in [0.1, 0.15) is 0 Å². The van der Waals surface area contributed by atoms with Crippen LogP contribution < -0.4 is 19.7 Å². The molecule has 0 aliphatic carbocycles. The Morgan fingerprint density at radius 1 is 1.24 bits per heavy atom. The third-order valence-electron chi connectivity index (χ3n) is 3.81. The lowest BCUT2D eigenvalue weighted by molar-refractivity contribution is -0.116. The number of benzene rings is 1. The maximum absolute atomic E-state index is 12.6. The Labute approximate surface area is 144 Å². The molecule has 25 heavy (non-hydrogen) atoms. The molecule has 1 fully saturated rings. The van der Waals surface area contributed by atoms with Crippen molar-refractivity contribution >= 4 is 23.4 Å². The van der Waals surface area contributed by atoms with Crippen LogP contribution in [0.25, 0.3) is 0 Å². The highest BCUT2D eigenvalue weighted by Crippen LogP contribution is 2.32. The van der Waals surface area contributed by atoms with Gasteiger partial charge in [0.1, 0.15) is 12.8 Å². The van der Waals surface area contributed by atoms with Gasteiger partial charge in [0.25, 0.3) is 0 Å². The summed E-state index contributed by atoms with van der Waals surface area (Å²) in [5, 5.41) is 6.17. The highest BCUT2D eigenvalue weighted by atomic mass is 16.5. The molecule has 132 valence electrons. The SMILES string of the molecule is COc1ccc(N2CCN(CC(=O)Nc3ccon3)C2=O)cc1OC. The average Bonchev–Trinajstić information content (AvgIpc) is 3.25. The largest absolute Gasteiger partial charge is 0.493 e. The Hall–Kier alpha value is -3.23. The molecular weight excluding hydrogens is 328 g/mol. The third-order valence-corrected chi connectivity index (χ3v) is 3.81. The van der Waals surface area contributed by atoms with Crippen molar-refractivity contribution in [1.82, 2.24) is 10.1 Å². The molecule has 0 unspecified atom stereocenters. The van der Waals surface area contributed by atoms with Gasteiger partial charge in [-0.25, -0.2) is 4.79 Å². The number of amides is 3. The van der Waals surface area contributed by atoms with Gasteiger partial charge in [0.05, 0.1) is 14.2 Å². The first-order valence-electron chi connectivity index (χ1n) is 7.61. The minimum absolute atomic E-state index is 0.0600. The Kier molecular flexibility index (Phi) is 4.73. The molecule has 3 rings (SSSR count). The van der Waals surface area contributed by atoms with Gasteiger partial charge in [-0.1, -0.05) is 5.16 Å². The number of carbonyl (C=O) groups is 2. The van der Waals surface area contributed by atoms with E-state index >= 15 is 0 Å². The van der Waals surface area contributed by atoms with Crippen molar-refractivity contribution in [3.63, 3.8) is 0 Å². The Morgan fingerprint density at radius 3 is 2.72 bits per heavy atom. The fourth-order valence-electron chi connectivity index (χ4n) is 2.59. The van der Waals surface area contributed by atoms with Crippen molar-refractivity contribution in [1.29, 1.82) is 0 Å². The average molecular weight is 346 g/mol. The van der Waals surface area contributed by atoms with E-state index < -0.39 is 0 Å². The van der Waals surface area contributed by atoms with Gasteiger partial charge < -0.3 is 24.2 Å². The zero-order chi connectivity index (χ0) is 17.8. The fraction of sp³-hybridized carbons (Fsp3) is 0.312. The predicted octanol–water partition coefficient (Wildman–Crippen LogP) is 1.57. The summed E-state index contributed by atoms with van der Waals surface area (Å²) in [7, 11) is 3.09. The molecule has 1 saturated heterocycles. The summed E-state index contributed by atoms with van der Waals surface area (Å²) in [6.45, 7) is 0.862. The van der Waals surface area contributed by atoms with E-state index in [1.165, 1.54) is 24.3 Å². The Morgan fingerprint density at radius 2 is 2.04 bits per heavy atom. The summed E-state index contributed by atoms with van der Waals surface area (Å²) in [6, 6.07) is 6.53. The van der Waals surface area contributed by atoms with Gasteiger partial charge in [0.2, 0.25) is 5.91 Å². The van der Waals surface area contributed by atoms with Gasteiger partial charge in [0, 0.05) is 30.9 Å². The first-order chi connectivity index (χ1) is 12.1. The lowest BCUT2D eigenvalue weighted by atomic mass is 10.2. The van der Waals surface area contributed by atoms with Gasteiger partial charge in [-0.15, -0.1) is 0 Å². The summed E-state index contributed by atoms with van der Waals surface area (Å²) in [5.74, 6) is 1.10. The Bertz CT molecular complexity index is 762. The van der Waals surface area contributed by atoms with Crippen LogP contribution >= 0.6 is 0 Å². The summed E-state index contributed by atoms with van der Waals surface area (Å²) in [5.41, 5.74) is 0.682. The molecule has 1 aromatic heterocycles. The molecule has 9 nitrogen and oxygen atoms in total. The Balaban J connectivity index is 1.66. The van der Waals surface area contributed by atoms with Crippen molar-refractivity contribution in [3.8, 4) is 11.5 Å². The molecule has 3 amide bonds. The molecular formula is C16H18N4O5. The quantitative estimate of drug-likeness (QED) is 0.853. The van der Waals surface area contributed by atoms with E-state index in [1.54, 1.807) is 30.2 Å².